The van der Waals surface area contributed by atoms with Crippen molar-refractivity contribution in [2.75, 3.05) is 0 Å². The number of benzene rings is 8. The molecule has 0 saturated carbocycles. The summed E-state index contributed by atoms with van der Waals surface area (Å²) in [6.07, 6.45) is 0. The smallest absolute Gasteiger partial charge is 0.135 e. The second kappa shape index (κ2) is 9.03. The van der Waals surface area contributed by atoms with E-state index in [9.17, 15) is 0 Å². The van der Waals surface area contributed by atoms with E-state index in [1.807, 2.05) is 23.5 Å². The van der Waals surface area contributed by atoms with Gasteiger partial charge >= 0.3 is 0 Å². The summed E-state index contributed by atoms with van der Waals surface area (Å²) in [6, 6.07) is 53.1. The molecule has 10 aromatic rings. The Morgan fingerprint density at radius 3 is 1.77 bits per heavy atom. The normalized spacial score (nSPS) is 12.1. The maximum atomic E-state index is 6.19. The van der Waals surface area contributed by atoms with Crippen molar-refractivity contribution in [1.82, 2.24) is 0 Å². The van der Waals surface area contributed by atoms with Crippen LogP contribution in [0.15, 0.2) is 150 Å². The highest BCUT2D eigenvalue weighted by Crippen LogP contribution is 2.47. The SMILES string of the molecule is c1cc(-c2c3ccccc3c(-c3ccc4oc5ccccc5c4c3)c3ccccc23)c2cc3sc4ccccc4c3cc2c1. The van der Waals surface area contributed by atoms with Gasteiger partial charge < -0.3 is 4.42 Å². The minimum Gasteiger partial charge on any atom is -0.456 e. The van der Waals surface area contributed by atoms with Crippen LogP contribution in [0, 0.1) is 0 Å². The Hall–Kier alpha value is -5.44. The monoisotopic (exact) mass is 576 g/mol. The highest BCUT2D eigenvalue weighted by atomic mass is 32.1. The second-order valence-corrected chi connectivity index (χ2v) is 12.7. The molecule has 2 aromatic heterocycles. The Morgan fingerprint density at radius 1 is 0.364 bits per heavy atom. The Balaban J connectivity index is 1.31. The molecule has 0 atom stereocenters. The van der Waals surface area contributed by atoms with E-state index >= 15 is 0 Å². The van der Waals surface area contributed by atoms with Gasteiger partial charge in [0.15, 0.2) is 0 Å². The van der Waals surface area contributed by atoms with Crippen LogP contribution < -0.4 is 0 Å². The van der Waals surface area contributed by atoms with Gasteiger partial charge in [-0.2, -0.15) is 0 Å². The van der Waals surface area contributed by atoms with E-state index in [0.29, 0.717) is 0 Å². The van der Waals surface area contributed by atoms with Crippen molar-refractivity contribution in [1.29, 1.82) is 0 Å². The summed E-state index contributed by atoms with van der Waals surface area (Å²) in [5, 5.41) is 12.6. The van der Waals surface area contributed by atoms with Crippen LogP contribution in [0.4, 0.5) is 0 Å². The number of thiophene rings is 1. The molecule has 204 valence electrons. The highest BCUT2D eigenvalue weighted by molar-refractivity contribution is 7.25. The fourth-order valence-corrected chi connectivity index (χ4v) is 8.45. The fourth-order valence-electron chi connectivity index (χ4n) is 7.33. The number of fused-ring (bicyclic) bond motifs is 9. The quantitative estimate of drug-likeness (QED) is 0.187. The molecule has 0 bridgehead atoms. The molecule has 0 aliphatic carbocycles. The van der Waals surface area contributed by atoms with Crippen LogP contribution >= 0.6 is 11.3 Å². The maximum Gasteiger partial charge on any atom is 0.135 e. The first-order chi connectivity index (χ1) is 21.8. The lowest BCUT2D eigenvalue weighted by Gasteiger charge is -2.19. The van der Waals surface area contributed by atoms with Gasteiger partial charge in [-0.1, -0.05) is 109 Å². The minimum absolute atomic E-state index is 0.920. The van der Waals surface area contributed by atoms with E-state index in [1.165, 1.54) is 74.7 Å². The zero-order valence-corrected chi connectivity index (χ0v) is 24.5. The molecule has 0 radical (unpaired) electrons. The summed E-state index contributed by atoms with van der Waals surface area (Å²) >= 11 is 1.88. The largest absolute Gasteiger partial charge is 0.456 e. The Kier molecular flexibility index (Phi) is 4.94. The van der Waals surface area contributed by atoms with E-state index in [4.69, 9.17) is 4.42 Å². The summed E-state index contributed by atoms with van der Waals surface area (Å²) in [5.41, 5.74) is 6.88. The summed E-state index contributed by atoms with van der Waals surface area (Å²) in [7, 11) is 0. The van der Waals surface area contributed by atoms with Gasteiger partial charge in [0, 0.05) is 30.9 Å². The van der Waals surface area contributed by atoms with Gasteiger partial charge in [0.25, 0.3) is 0 Å². The third-order valence-electron chi connectivity index (χ3n) is 9.24. The van der Waals surface area contributed by atoms with Crippen molar-refractivity contribution in [3.8, 4) is 22.3 Å². The molecule has 2 heterocycles. The number of para-hydroxylation sites is 1. The molecule has 0 fully saturated rings. The molecule has 0 amide bonds. The maximum absolute atomic E-state index is 6.19. The van der Waals surface area contributed by atoms with E-state index in [2.05, 4.69) is 133 Å². The van der Waals surface area contributed by atoms with Crippen molar-refractivity contribution in [3.05, 3.63) is 146 Å². The minimum atomic E-state index is 0.920. The topological polar surface area (TPSA) is 13.1 Å². The molecule has 44 heavy (non-hydrogen) atoms. The Labute approximate surface area is 257 Å². The van der Waals surface area contributed by atoms with E-state index in [0.717, 1.165) is 21.9 Å². The molecular formula is C42H24OS. The van der Waals surface area contributed by atoms with Gasteiger partial charge in [0.2, 0.25) is 0 Å². The van der Waals surface area contributed by atoms with Crippen molar-refractivity contribution >= 4 is 85.8 Å². The first-order valence-electron chi connectivity index (χ1n) is 15.0. The predicted octanol–water partition coefficient (Wildman–Crippen LogP) is 12.7. The lowest BCUT2D eigenvalue weighted by atomic mass is 9.84. The summed E-state index contributed by atoms with van der Waals surface area (Å²) in [4.78, 5) is 0. The van der Waals surface area contributed by atoms with Crippen LogP contribution in [-0.2, 0) is 0 Å². The van der Waals surface area contributed by atoms with Crippen molar-refractivity contribution < 1.29 is 4.42 Å². The number of hydrogen-bond donors (Lipinski definition) is 0. The molecule has 0 aliphatic heterocycles. The average molecular weight is 577 g/mol. The van der Waals surface area contributed by atoms with E-state index < -0.39 is 0 Å². The summed E-state index contributed by atoms with van der Waals surface area (Å²) < 4.78 is 8.85. The molecule has 0 saturated heterocycles. The first kappa shape index (κ1) is 24.0. The molecule has 8 aromatic carbocycles. The first-order valence-corrected chi connectivity index (χ1v) is 15.8. The molecule has 0 unspecified atom stereocenters. The van der Waals surface area contributed by atoms with Crippen LogP contribution in [0.25, 0.3) is 96.7 Å². The highest BCUT2D eigenvalue weighted by Gasteiger charge is 2.19. The summed E-state index contributed by atoms with van der Waals surface area (Å²) in [6.45, 7) is 0. The molecule has 0 N–H and O–H groups in total. The molecule has 1 nitrogen and oxygen atoms in total. The van der Waals surface area contributed by atoms with Crippen LogP contribution in [0.2, 0.25) is 0 Å². The molecule has 10 rings (SSSR count). The van der Waals surface area contributed by atoms with E-state index in [1.54, 1.807) is 0 Å². The Morgan fingerprint density at radius 2 is 1.00 bits per heavy atom. The zero-order valence-electron chi connectivity index (χ0n) is 23.7. The van der Waals surface area contributed by atoms with Gasteiger partial charge in [0.05, 0.1) is 0 Å². The van der Waals surface area contributed by atoms with Crippen LogP contribution in [0.5, 0.6) is 0 Å². The molecular weight excluding hydrogens is 553 g/mol. The van der Waals surface area contributed by atoms with Gasteiger partial charge in [-0.3, -0.25) is 0 Å². The van der Waals surface area contributed by atoms with Crippen molar-refractivity contribution in [2.24, 2.45) is 0 Å². The lowest BCUT2D eigenvalue weighted by Crippen LogP contribution is -1.91. The van der Waals surface area contributed by atoms with Crippen molar-refractivity contribution in [2.45, 2.75) is 0 Å². The fraction of sp³-hybridized carbons (Fsp3) is 0. The molecule has 0 aliphatic rings. The Bertz CT molecular complexity index is 2720. The standard InChI is InChI=1S/C42H24OS/c1-3-15-31-29(13-1)41(26-20-21-38-35(23-26)27-11-5-7-18-37(27)43-38)30-14-2-4-16-32(30)42(31)33-17-9-10-25-22-36-28-12-6-8-19-39(28)44-40(36)24-34(25)33/h1-24H. The number of hydrogen-bond acceptors (Lipinski definition) is 2. The third-order valence-corrected chi connectivity index (χ3v) is 10.4. The van der Waals surface area contributed by atoms with Gasteiger partial charge in [0.1, 0.15) is 11.2 Å². The third kappa shape index (κ3) is 3.35. The average Bonchev–Trinajstić information content (AvgIpc) is 3.63. The van der Waals surface area contributed by atoms with Crippen molar-refractivity contribution in [3.63, 3.8) is 0 Å². The van der Waals surface area contributed by atoms with Gasteiger partial charge in [-0.05, 0) is 91.0 Å². The summed E-state index contributed by atoms with van der Waals surface area (Å²) in [5.74, 6) is 0. The van der Waals surface area contributed by atoms with E-state index in [-0.39, 0.29) is 0 Å². The lowest BCUT2D eigenvalue weighted by molar-refractivity contribution is 0.669. The molecule has 0 spiro atoms. The molecule has 2 heteroatoms. The number of rotatable bonds is 2. The van der Waals surface area contributed by atoms with Gasteiger partial charge in [-0.15, -0.1) is 11.3 Å². The van der Waals surface area contributed by atoms with Crippen LogP contribution in [0.1, 0.15) is 0 Å². The van der Waals surface area contributed by atoms with Crippen LogP contribution in [-0.4, -0.2) is 0 Å². The zero-order chi connectivity index (χ0) is 28.8. The predicted molar refractivity (Wildman–Crippen MR) is 190 cm³/mol. The second-order valence-electron chi connectivity index (χ2n) is 11.6. The van der Waals surface area contributed by atoms with Gasteiger partial charge in [-0.25, -0.2) is 0 Å². The van der Waals surface area contributed by atoms with Crippen LogP contribution in [0.3, 0.4) is 0 Å². The number of furan rings is 1.